The number of nitrogens with two attached hydrogens (primary N) is 1. The van der Waals surface area contributed by atoms with Gasteiger partial charge in [-0.1, -0.05) is 26.7 Å². The van der Waals surface area contributed by atoms with Gasteiger partial charge in [0.15, 0.2) is 5.96 Å². The maximum atomic E-state index is 6.15. The van der Waals surface area contributed by atoms with Crippen LogP contribution in [0.15, 0.2) is 4.99 Å². The Labute approximate surface area is 111 Å². The molecule has 0 bridgehead atoms. The van der Waals surface area contributed by atoms with E-state index in [-0.39, 0.29) is 5.54 Å². The summed E-state index contributed by atoms with van der Waals surface area (Å²) in [6.45, 7) is 7.70. The van der Waals surface area contributed by atoms with Gasteiger partial charge in [-0.05, 0) is 32.4 Å². The van der Waals surface area contributed by atoms with Crippen LogP contribution in [0.2, 0.25) is 0 Å². The summed E-state index contributed by atoms with van der Waals surface area (Å²) in [6, 6.07) is 0. The van der Waals surface area contributed by atoms with Crippen LogP contribution in [0.1, 0.15) is 39.5 Å². The molecule has 2 aliphatic rings. The lowest BCUT2D eigenvalue weighted by atomic mass is 9.62. The normalized spacial score (nSPS) is 31.2. The first-order valence-corrected chi connectivity index (χ1v) is 7.11. The van der Waals surface area contributed by atoms with Crippen LogP contribution in [0.3, 0.4) is 0 Å². The van der Waals surface area contributed by atoms with E-state index >= 15 is 0 Å². The van der Waals surface area contributed by atoms with Crippen LogP contribution in [0.5, 0.6) is 0 Å². The van der Waals surface area contributed by atoms with E-state index in [2.05, 4.69) is 42.7 Å². The van der Waals surface area contributed by atoms with E-state index in [1.54, 1.807) is 0 Å². The van der Waals surface area contributed by atoms with Crippen molar-refractivity contribution in [3.8, 4) is 0 Å². The minimum atomic E-state index is 0.172. The number of likely N-dealkylation sites (N-methyl/N-ethyl adjacent to an activating group) is 1. The van der Waals surface area contributed by atoms with Crippen LogP contribution < -0.4 is 5.73 Å². The van der Waals surface area contributed by atoms with E-state index in [9.17, 15) is 0 Å². The van der Waals surface area contributed by atoms with E-state index in [1.807, 2.05) is 0 Å². The lowest BCUT2D eigenvalue weighted by molar-refractivity contribution is 0.00703. The molecule has 18 heavy (non-hydrogen) atoms. The molecule has 1 aliphatic carbocycles. The van der Waals surface area contributed by atoms with Crippen molar-refractivity contribution in [1.82, 2.24) is 9.80 Å². The summed E-state index contributed by atoms with van der Waals surface area (Å²) in [5, 5.41) is 0. The maximum Gasteiger partial charge on any atom is 0.191 e. The Balaban J connectivity index is 2.20. The molecular weight excluding hydrogens is 224 g/mol. The molecule has 1 aliphatic heterocycles. The molecule has 1 unspecified atom stereocenters. The van der Waals surface area contributed by atoms with E-state index in [4.69, 9.17) is 5.73 Å². The number of aliphatic imine (C=N–C) groups is 1. The molecule has 0 radical (unpaired) electrons. The fourth-order valence-corrected chi connectivity index (χ4v) is 3.58. The molecule has 0 aromatic carbocycles. The second-order valence-electron chi connectivity index (χ2n) is 6.75. The summed E-state index contributed by atoms with van der Waals surface area (Å²) in [5.74, 6) is 0.756. The number of rotatable bonds is 3. The van der Waals surface area contributed by atoms with Crippen LogP contribution in [0, 0.1) is 5.41 Å². The molecule has 1 fully saturated rings. The zero-order valence-corrected chi connectivity index (χ0v) is 12.4. The summed E-state index contributed by atoms with van der Waals surface area (Å²) in [6.07, 6.45) is 5.17. The van der Waals surface area contributed by atoms with Gasteiger partial charge in [-0.3, -0.25) is 4.99 Å². The molecule has 1 saturated carbocycles. The highest BCUT2D eigenvalue weighted by molar-refractivity contribution is 5.81. The minimum absolute atomic E-state index is 0.172. The number of hydrogen-bond acceptors (Lipinski definition) is 4. The number of hydrogen-bond donors (Lipinski definition) is 1. The molecule has 4 nitrogen and oxygen atoms in total. The Kier molecular flexibility index (Phi) is 3.58. The topological polar surface area (TPSA) is 44.9 Å². The fourth-order valence-electron chi connectivity index (χ4n) is 3.58. The largest absolute Gasteiger partial charge is 0.370 e. The van der Waals surface area contributed by atoms with Crippen LogP contribution in [-0.2, 0) is 0 Å². The molecule has 0 saturated heterocycles. The highest BCUT2D eigenvalue weighted by atomic mass is 15.4. The molecule has 4 heteroatoms. The van der Waals surface area contributed by atoms with Gasteiger partial charge in [-0.2, -0.15) is 0 Å². The van der Waals surface area contributed by atoms with Gasteiger partial charge in [-0.15, -0.1) is 0 Å². The van der Waals surface area contributed by atoms with Crippen molar-refractivity contribution < 1.29 is 0 Å². The quantitative estimate of drug-likeness (QED) is 0.828. The van der Waals surface area contributed by atoms with Crippen molar-refractivity contribution in [1.29, 1.82) is 0 Å². The Bertz CT molecular complexity index is 335. The van der Waals surface area contributed by atoms with Crippen molar-refractivity contribution in [2.75, 3.05) is 33.7 Å². The summed E-state index contributed by atoms with van der Waals surface area (Å²) in [5.41, 5.74) is 6.63. The first kappa shape index (κ1) is 13.7. The zero-order valence-electron chi connectivity index (χ0n) is 12.4. The van der Waals surface area contributed by atoms with E-state index in [1.165, 1.54) is 25.7 Å². The first-order valence-electron chi connectivity index (χ1n) is 7.11. The smallest absolute Gasteiger partial charge is 0.191 e. The third-order valence-electron chi connectivity index (χ3n) is 4.97. The Morgan fingerprint density at radius 3 is 2.56 bits per heavy atom. The van der Waals surface area contributed by atoms with Crippen LogP contribution in [-0.4, -0.2) is 55.0 Å². The second-order valence-corrected chi connectivity index (χ2v) is 6.75. The van der Waals surface area contributed by atoms with E-state index in [0.29, 0.717) is 5.41 Å². The van der Waals surface area contributed by atoms with Gasteiger partial charge < -0.3 is 15.5 Å². The first-order chi connectivity index (χ1) is 8.39. The standard InChI is InChI=1S/C14H28N4/c1-13(2)7-5-6-8-14(13)11-16-12(15)18(14)10-9-17(3)4/h5-11H2,1-4H3,(H2,15,16). The van der Waals surface area contributed by atoms with Gasteiger partial charge in [0.1, 0.15) is 0 Å². The van der Waals surface area contributed by atoms with Gasteiger partial charge in [0.2, 0.25) is 0 Å². The fraction of sp³-hybridized carbons (Fsp3) is 0.929. The van der Waals surface area contributed by atoms with Gasteiger partial charge in [0, 0.05) is 13.1 Å². The van der Waals surface area contributed by atoms with Crippen molar-refractivity contribution in [2.24, 2.45) is 16.1 Å². The SMILES string of the molecule is CN(C)CCN1C(N)=NCC12CCCCC2(C)C. The van der Waals surface area contributed by atoms with Gasteiger partial charge in [0.25, 0.3) is 0 Å². The van der Waals surface area contributed by atoms with Gasteiger partial charge in [-0.25, -0.2) is 0 Å². The van der Waals surface area contributed by atoms with Crippen LogP contribution in [0.25, 0.3) is 0 Å². The maximum absolute atomic E-state index is 6.15. The second kappa shape index (κ2) is 4.72. The Morgan fingerprint density at radius 1 is 1.28 bits per heavy atom. The third-order valence-corrected chi connectivity index (χ3v) is 4.97. The molecule has 0 amide bonds. The Hall–Kier alpha value is -0.770. The monoisotopic (exact) mass is 252 g/mol. The highest BCUT2D eigenvalue weighted by Crippen LogP contribution is 2.49. The lowest BCUT2D eigenvalue weighted by Crippen LogP contribution is -2.62. The molecule has 0 aromatic heterocycles. The average molecular weight is 252 g/mol. The summed E-state index contributed by atoms with van der Waals surface area (Å²) in [7, 11) is 4.23. The highest BCUT2D eigenvalue weighted by Gasteiger charge is 2.53. The zero-order chi connectivity index (χ0) is 13.4. The lowest BCUT2D eigenvalue weighted by Gasteiger charge is -2.53. The molecule has 1 heterocycles. The summed E-state index contributed by atoms with van der Waals surface area (Å²) >= 11 is 0. The predicted molar refractivity (Wildman–Crippen MR) is 76.7 cm³/mol. The van der Waals surface area contributed by atoms with Crippen molar-refractivity contribution in [3.05, 3.63) is 0 Å². The van der Waals surface area contributed by atoms with E-state index < -0.39 is 0 Å². The Morgan fingerprint density at radius 2 is 1.94 bits per heavy atom. The van der Waals surface area contributed by atoms with Gasteiger partial charge in [0.05, 0.1) is 12.1 Å². The third kappa shape index (κ3) is 2.11. The minimum Gasteiger partial charge on any atom is -0.370 e. The number of nitrogens with zero attached hydrogens (tertiary/aromatic N) is 3. The van der Waals surface area contributed by atoms with Crippen LogP contribution in [0.4, 0.5) is 0 Å². The summed E-state index contributed by atoms with van der Waals surface area (Å²) < 4.78 is 0. The molecule has 1 spiro atoms. The van der Waals surface area contributed by atoms with Crippen LogP contribution >= 0.6 is 0 Å². The van der Waals surface area contributed by atoms with Crippen molar-refractivity contribution in [2.45, 2.75) is 45.1 Å². The number of guanidine groups is 1. The molecule has 2 rings (SSSR count). The average Bonchev–Trinajstić information content (AvgIpc) is 2.59. The molecule has 1 atom stereocenters. The summed E-state index contributed by atoms with van der Waals surface area (Å²) in [4.78, 5) is 9.18. The van der Waals surface area contributed by atoms with Crippen molar-refractivity contribution >= 4 is 5.96 Å². The predicted octanol–water partition coefficient (Wildman–Crippen LogP) is 1.52. The van der Waals surface area contributed by atoms with Crippen molar-refractivity contribution in [3.63, 3.8) is 0 Å². The van der Waals surface area contributed by atoms with E-state index in [0.717, 1.165) is 25.6 Å². The molecule has 104 valence electrons. The molecule has 2 N–H and O–H groups in total. The van der Waals surface area contributed by atoms with Gasteiger partial charge >= 0.3 is 0 Å². The molecule has 0 aromatic rings. The molecular formula is C14H28N4.